The van der Waals surface area contributed by atoms with E-state index in [1.165, 1.54) is 0 Å². The molecule has 1 amide bonds. The van der Waals surface area contributed by atoms with Gasteiger partial charge in [-0.25, -0.2) is 0 Å². The molecule has 0 heterocycles. The normalized spacial score (nSPS) is 16.8. The highest BCUT2D eigenvalue weighted by atomic mass is 35.5. The molecule has 3 nitrogen and oxygen atoms in total. The number of halogens is 1. The fourth-order valence-electron chi connectivity index (χ4n) is 1.62. The zero-order chi connectivity index (χ0) is 11.6. The predicted octanol–water partition coefficient (Wildman–Crippen LogP) is 1.82. The van der Waals surface area contributed by atoms with Gasteiger partial charge in [-0.3, -0.25) is 4.79 Å². The summed E-state index contributed by atoms with van der Waals surface area (Å²) in [4.78, 5) is 11.7. The molecular weight excluding hydrogens is 226 g/mol. The van der Waals surface area contributed by atoms with Crippen molar-refractivity contribution in [3.63, 3.8) is 0 Å². The second-order valence-electron chi connectivity index (χ2n) is 4.27. The summed E-state index contributed by atoms with van der Waals surface area (Å²) < 4.78 is 0. The summed E-state index contributed by atoms with van der Waals surface area (Å²) in [6, 6.07) is 6.86. The van der Waals surface area contributed by atoms with Crippen LogP contribution in [0.5, 0.6) is 5.75 Å². The second-order valence-corrected chi connectivity index (χ2v) is 4.53. The lowest BCUT2D eigenvalue weighted by atomic mass is 10.1. The lowest BCUT2D eigenvalue weighted by Gasteiger charge is -2.14. The number of hydrogen-bond donors (Lipinski definition) is 2. The van der Waals surface area contributed by atoms with Gasteiger partial charge in [0.25, 0.3) is 0 Å². The van der Waals surface area contributed by atoms with E-state index in [-0.39, 0.29) is 23.6 Å². The van der Waals surface area contributed by atoms with E-state index in [4.69, 9.17) is 11.6 Å². The van der Waals surface area contributed by atoms with Gasteiger partial charge in [-0.15, -0.1) is 11.6 Å². The molecule has 0 saturated heterocycles. The standard InChI is InChI=1S/C12H14ClNO2/c13-8-12(5-6-12)14-11(16)7-9-3-1-2-4-10(9)15/h1-4,15H,5-8H2,(H,14,16). The second kappa shape index (κ2) is 4.34. The first-order valence-electron chi connectivity index (χ1n) is 5.29. The molecule has 0 spiro atoms. The van der Waals surface area contributed by atoms with E-state index < -0.39 is 0 Å². The fraction of sp³-hybridized carbons (Fsp3) is 0.417. The van der Waals surface area contributed by atoms with Crippen LogP contribution in [0.25, 0.3) is 0 Å². The summed E-state index contributed by atoms with van der Waals surface area (Å²) in [5.74, 6) is 0.535. The summed E-state index contributed by atoms with van der Waals surface area (Å²) in [6.07, 6.45) is 2.09. The Balaban J connectivity index is 1.95. The summed E-state index contributed by atoms with van der Waals surface area (Å²) in [7, 11) is 0. The molecule has 2 rings (SSSR count). The number of aromatic hydroxyl groups is 1. The summed E-state index contributed by atoms with van der Waals surface area (Å²) in [6.45, 7) is 0. The number of rotatable bonds is 4. The van der Waals surface area contributed by atoms with Crippen molar-refractivity contribution < 1.29 is 9.90 Å². The van der Waals surface area contributed by atoms with Gasteiger partial charge in [-0.05, 0) is 18.9 Å². The van der Waals surface area contributed by atoms with Gasteiger partial charge in [0.1, 0.15) is 5.75 Å². The Hall–Kier alpha value is -1.22. The number of alkyl halides is 1. The Kier molecular flexibility index (Phi) is 3.06. The zero-order valence-electron chi connectivity index (χ0n) is 8.87. The highest BCUT2D eigenvalue weighted by Gasteiger charge is 2.43. The van der Waals surface area contributed by atoms with Crippen molar-refractivity contribution in [1.82, 2.24) is 5.32 Å². The van der Waals surface area contributed by atoms with Gasteiger partial charge >= 0.3 is 0 Å². The van der Waals surface area contributed by atoms with Crippen LogP contribution in [-0.4, -0.2) is 22.4 Å². The monoisotopic (exact) mass is 239 g/mol. The van der Waals surface area contributed by atoms with Crippen LogP contribution in [0.1, 0.15) is 18.4 Å². The van der Waals surface area contributed by atoms with E-state index in [1.807, 2.05) is 0 Å². The number of carbonyl (C=O) groups excluding carboxylic acids is 1. The van der Waals surface area contributed by atoms with Gasteiger partial charge in [0.05, 0.1) is 12.0 Å². The maximum atomic E-state index is 11.7. The first-order valence-corrected chi connectivity index (χ1v) is 5.82. The molecular formula is C12H14ClNO2. The third-order valence-electron chi connectivity index (χ3n) is 2.86. The van der Waals surface area contributed by atoms with Gasteiger partial charge in [0.15, 0.2) is 0 Å². The first kappa shape index (κ1) is 11.3. The van der Waals surface area contributed by atoms with Crippen LogP contribution in [0.4, 0.5) is 0 Å². The van der Waals surface area contributed by atoms with Gasteiger partial charge in [-0.2, -0.15) is 0 Å². The molecule has 2 N–H and O–H groups in total. The molecule has 16 heavy (non-hydrogen) atoms. The number of amides is 1. The van der Waals surface area contributed by atoms with Crippen molar-refractivity contribution in [3.05, 3.63) is 29.8 Å². The summed E-state index contributed by atoms with van der Waals surface area (Å²) in [5.41, 5.74) is 0.466. The van der Waals surface area contributed by atoms with E-state index in [0.717, 1.165) is 12.8 Å². The number of para-hydroxylation sites is 1. The topological polar surface area (TPSA) is 49.3 Å². The van der Waals surface area contributed by atoms with Crippen molar-refractivity contribution in [2.45, 2.75) is 24.8 Å². The van der Waals surface area contributed by atoms with E-state index in [2.05, 4.69) is 5.32 Å². The fourth-order valence-corrected chi connectivity index (χ4v) is 1.95. The van der Waals surface area contributed by atoms with Gasteiger partial charge < -0.3 is 10.4 Å². The number of phenolic OH excluding ortho intramolecular Hbond substituents is 1. The SMILES string of the molecule is O=C(Cc1ccccc1O)NC1(CCl)CC1. The maximum Gasteiger partial charge on any atom is 0.225 e. The van der Waals surface area contributed by atoms with Crippen LogP contribution in [0, 0.1) is 0 Å². The molecule has 4 heteroatoms. The Morgan fingerprint density at radius 1 is 1.44 bits per heavy atom. The lowest BCUT2D eigenvalue weighted by molar-refractivity contribution is -0.121. The third kappa shape index (κ3) is 2.47. The number of carbonyl (C=O) groups is 1. The molecule has 1 aromatic carbocycles. The van der Waals surface area contributed by atoms with Crippen LogP contribution in [0.2, 0.25) is 0 Å². The Morgan fingerprint density at radius 3 is 2.69 bits per heavy atom. The smallest absolute Gasteiger partial charge is 0.225 e. The average Bonchev–Trinajstić information content (AvgIpc) is 3.02. The number of phenols is 1. The van der Waals surface area contributed by atoms with E-state index in [9.17, 15) is 9.90 Å². The Labute approximate surface area is 99.4 Å². The maximum absolute atomic E-state index is 11.7. The predicted molar refractivity (Wildman–Crippen MR) is 62.6 cm³/mol. The molecule has 86 valence electrons. The quantitative estimate of drug-likeness (QED) is 0.788. The van der Waals surface area contributed by atoms with Crippen molar-refractivity contribution in [2.75, 3.05) is 5.88 Å². The molecule has 1 aliphatic carbocycles. The number of nitrogens with one attached hydrogen (secondary N) is 1. The lowest BCUT2D eigenvalue weighted by Crippen LogP contribution is -2.39. The van der Waals surface area contributed by atoms with Crippen molar-refractivity contribution in [1.29, 1.82) is 0 Å². The minimum Gasteiger partial charge on any atom is -0.508 e. The van der Waals surface area contributed by atoms with Gasteiger partial charge in [0, 0.05) is 11.4 Å². The molecule has 0 aromatic heterocycles. The molecule has 1 aliphatic rings. The Morgan fingerprint density at radius 2 is 2.12 bits per heavy atom. The minimum atomic E-state index is -0.178. The van der Waals surface area contributed by atoms with E-state index in [1.54, 1.807) is 24.3 Å². The molecule has 1 fully saturated rings. The largest absolute Gasteiger partial charge is 0.508 e. The number of benzene rings is 1. The molecule has 0 atom stereocenters. The Bertz CT molecular complexity index is 402. The van der Waals surface area contributed by atoms with Crippen LogP contribution in [-0.2, 0) is 11.2 Å². The number of hydrogen-bond acceptors (Lipinski definition) is 2. The summed E-state index contributed by atoms with van der Waals surface area (Å²) in [5, 5.41) is 12.4. The van der Waals surface area contributed by atoms with Crippen molar-refractivity contribution in [3.8, 4) is 5.75 Å². The van der Waals surface area contributed by atoms with Gasteiger partial charge in [-0.1, -0.05) is 18.2 Å². The highest BCUT2D eigenvalue weighted by molar-refractivity contribution is 6.19. The molecule has 1 aromatic rings. The van der Waals surface area contributed by atoms with E-state index in [0.29, 0.717) is 11.4 Å². The molecule has 0 unspecified atom stereocenters. The van der Waals surface area contributed by atoms with E-state index >= 15 is 0 Å². The first-order chi connectivity index (χ1) is 7.65. The van der Waals surface area contributed by atoms with Gasteiger partial charge in [0.2, 0.25) is 5.91 Å². The van der Waals surface area contributed by atoms with Crippen LogP contribution < -0.4 is 5.32 Å². The third-order valence-corrected chi connectivity index (χ3v) is 3.37. The van der Waals surface area contributed by atoms with Crippen molar-refractivity contribution >= 4 is 17.5 Å². The minimum absolute atomic E-state index is 0.0837. The molecule has 0 radical (unpaired) electrons. The molecule has 1 saturated carbocycles. The molecule has 0 aliphatic heterocycles. The zero-order valence-corrected chi connectivity index (χ0v) is 9.63. The van der Waals surface area contributed by atoms with Crippen molar-refractivity contribution in [2.24, 2.45) is 0 Å². The molecule has 0 bridgehead atoms. The summed E-state index contributed by atoms with van der Waals surface area (Å²) >= 11 is 5.77. The van der Waals surface area contributed by atoms with Crippen LogP contribution >= 0.6 is 11.6 Å². The van der Waals surface area contributed by atoms with Crippen LogP contribution in [0.3, 0.4) is 0 Å². The highest BCUT2D eigenvalue weighted by Crippen LogP contribution is 2.36. The van der Waals surface area contributed by atoms with Crippen LogP contribution in [0.15, 0.2) is 24.3 Å². The average molecular weight is 240 g/mol.